The molecule has 3 aromatic carbocycles. The molecule has 0 heterocycles. The van der Waals surface area contributed by atoms with Crippen LogP contribution in [0.4, 0.5) is 28.4 Å². The van der Waals surface area contributed by atoms with E-state index in [4.69, 9.17) is 11.0 Å². The van der Waals surface area contributed by atoms with Gasteiger partial charge in [-0.1, -0.05) is 5.04 Å². The van der Waals surface area contributed by atoms with E-state index in [9.17, 15) is 0 Å². The first-order valence-electron chi connectivity index (χ1n) is 8.60. The molecule has 0 fully saturated rings. The van der Waals surface area contributed by atoms with Gasteiger partial charge in [-0.15, -0.1) is 4.33 Å². The molecular formula is C20H19N5O3S. The third-order valence-corrected chi connectivity index (χ3v) is 4.58. The summed E-state index contributed by atoms with van der Waals surface area (Å²) in [6.45, 7) is 3.89. The molecule has 0 spiro atoms. The maximum Gasteiger partial charge on any atom is 0.0890 e. The summed E-state index contributed by atoms with van der Waals surface area (Å²) in [4.78, 5) is 0.749. The second-order valence-electron chi connectivity index (χ2n) is 6.13. The maximum atomic E-state index is 8.14. The Kier molecular flexibility index (Phi) is 7.04. The number of azo groups is 2. The topological polar surface area (TPSA) is 114 Å². The highest BCUT2D eigenvalue weighted by Crippen LogP contribution is 2.28. The molecule has 0 amide bonds. The minimum atomic E-state index is 0.678. The van der Waals surface area contributed by atoms with E-state index >= 15 is 0 Å². The van der Waals surface area contributed by atoms with Gasteiger partial charge >= 0.3 is 0 Å². The summed E-state index contributed by atoms with van der Waals surface area (Å²) in [7, 11) is 0. The molecule has 8 nitrogen and oxygen atoms in total. The zero-order valence-electron chi connectivity index (χ0n) is 15.8. The number of hydrogen-bond acceptors (Lipinski definition) is 9. The third kappa shape index (κ3) is 5.93. The van der Waals surface area contributed by atoms with E-state index in [2.05, 4.69) is 29.8 Å². The molecular weight excluding hydrogens is 390 g/mol. The molecule has 0 unspecified atom stereocenters. The number of rotatable bonds is 7. The number of nitrogens with zero attached hydrogens (tertiary/aromatic N) is 4. The van der Waals surface area contributed by atoms with Crippen LogP contribution in [0.25, 0.3) is 0 Å². The van der Waals surface area contributed by atoms with E-state index in [1.54, 1.807) is 24.3 Å². The predicted molar refractivity (Wildman–Crippen MR) is 112 cm³/mol. The number of benzene rings is 3. The van der Waals surface area contributed by atoms with E-state index in [1.165, 1.54) is 0 Å². The van der Waals surface area contributed by atoms with Gasteiger partial charge in [0.05, 0.1) is 34.8 Å². The van der Waals surface area contributed by atoms with Crippen LogP contribution in [0.5, 0.6) is 0 Å². The number of aryl methyl sites for hydroxylation is 2. The van der Waals surface area contributed by atoms with Crippen LogP contribution in [-0.4, -0.2) is 5.26 Å². The Bertz CT molecular complexity index is 1020. The zero-order valence-corrected chi connectivity index (χ0v) is 16.6. The van der Waals surface area contributed by atoms with E-state index in [0.717, 1.165) is 39.4 Å². The fourth-order valence-corrected chi connectivity index (χ4v) is 2.72. The van der Waals surface area contributed by atoms with Crippen LogP contribution in [-0.2, 0) is 9.37 Å². The average molecular weight is 409 g/mol. The van der Waals surface area contributed by atoms with Crippen molar-refractivity contribution in [3.63, 3.8) is 0 Å². The Morgan fingerprint density at radius 3 is 1.83 bits per heavy atom. The SMILES string of the molecule is Cc1cc(N=Nc2ccc(N=Nc3ccc(SOOO)cc3)cc2)c(C)cc1N. The molecule has 0 bridgehead atoms. The van der Waals surface area contributed by atoms with Crippen molar-refractivity contribution in [2.45, 2.75) is 18.7 Å². The molecule has 29 heavy (non-hydrogen) atoms. The zero-order chi connectivity index (χ0) is 20.6. The molecule has 9 heteroatoms. The summed E-state index contributed by atoms with van der Waals surface area (Å²) >= 11 is 0.880. The fourth-order valence-electron chi connectivity index (χ4n) is 2.37. The highest BCUT2D eigenvalue weighted by atomic mass is 32.2. The highest BCUT2D eigenvalue weighted by molar-refractivity contribution is 7.94. The maximum absolute atomic E-state index is 8.14. The summed E-state index contributed by atoms with van der Waals surface area (Å²) < 4.78 is 4.36. The van der Waals surface area contributed by atoms with Crippen molar-refractivity contribution < 1.29 is 14.6 Å². The van der Waals surface area contributed by atoms with Gasteiger partial charge < -0.3 is 5.73 Å². The third-order valence-electron chi connectivity index (χ3n) is 3.99. The second-order valence-corrected chi connectivity index (χ2v) is 6.91. The van der Waals surface area contributed by atoms with Crippen molar-refractivity contribution in [3.05, 3.63) is 71.8 Å². The van der Waals surface area contributed by atoms with Crippen molar-refractivity contribution in [2.75, 3.05) is 5.73 Å². The molecule has 3 aromatic rings. The lowest BCUT2D eigenvalue weighted by molar-refractivity contribution is -0.432. The first kappa shape index (κ1) is 20.6. The van der Waals surface area contributed by atoms with Crippen LogP contribution in [0.1, 0.15) is 11.1 Å². The van der Waals surface area contributed by atoms with Crippen LogP contribution in [0, 0.1) is 13.8 Å². The second kappa shape index (κ2) is 9.89. The molecule has 0 radical (unpaired) electrons. The van der Waals surface area contributed by atoms with Crippen molar-refractivity contribution in [1.82, 2.24) is 0 Å². The predicted octanol–water partition coefficient (Wildman–Crippen LogP) is 7.14. The van der Waals surface area contributed by atoms with Gasteiger partial charge in [-0.05, 0) is 85.6 Å². The minimum Gasteiger partial charge on any atom is -0.399 e. The average Bonchev–Trinajstić information content (AvgIpc) is 2.74. The number of nitrogens with two attached hydrogens (primary N) is 1. The van der Waals surface area contributed by atoms with Crippen LogP contribution < -0.4 is 5.73 Å². The smallest absolute Gasteiger partial charge is 0.0890 e. The normalized spacial score (nSPS) is 11.6. The van der Waals surface area contributed by atoms with Gasteiger partial charge in [0.2, 0.25) is 0 Å². The standard InChI is InChI=1S/C20H19N5O3S/c1-13-12-20(14(2)11-19(13)21)25-24-16-5-3-15(4-6-16)22-23-17-7-9-18(10-8-17)29-28-27-26/h3-12,26H,21H2,1-2H3. The highest BCUT2D eigenvalue weighted by Gasteiger charge is 2.01. The summed E-state index contributed by atoms with van der Waals surface area (Å²) in [5, 5.41) is 28.7. The van der Waals surface area contributed by atoms with Crippen LogP contribution in [0.15, 0.2) is 86.0 Å². The van der Waals surface area contributed by atoms with Gasteiger partial charge in [0, 0.05) is 10.6 Å². The van der Waals surface area contributed by atoms with E-state index in [1.807, 2.05) is 50.2 Å². The molecule has 0 saturated heterocycles. The van der Waals surface area contributed by atoms with Crippen LogP contribution in [0.2, 0.25) is 0 Å². The van der Waals surface area contributed by atoms with Crippen LogP contribution >= 0.6 is 12.0 Å². The van der Waals surface area contributed by atoms with Gasteiger partial charge in [0.25, 0.3) is 0 Å². The molecule has 0 atom stereocenters. The van der Waals surface area contributed by atoms with Gasteiger partial charge in [-0.2, -0.15) is 20.5 Å². The molecule has 3 N–H and O–H groups in total. The lowest BCUT2D eigenvalue weighted by Gasteiger charge is -2.04. The summed E-state index contributed by atoms with van der Waals surface area (Å²) in [6, 6.07) is 18.2. The number of hydrogen-bond donors (Lipinski definition) is 2. The Hall–Kier alpha value is -3.11. The molecule has 0 saturated carbocycles. The molecule has 0 aliphatic carbocycles. The molecule has 0 aromatic heterocycles. The Balaban J connectivity index is 1.64. The largest absolute Gasteiger partial charge is 0.399 e. The van der Waals surface area contributed by atoms with Crippen LogP contribution in [0.3, 0.4) is 0 Å². The lowest BCUT2D eigenvalue weighted by atomic mass is 10.1. The molecule has 148 valence electrons. The number of anilines is 1. The van der Waals surface area contributed by atoms with E-state index in [-0.39, 0.29) is 0 Å². The summed E-state index contributed by atoms with van der Waals surface area (Å²) in [5.41, 5.74) is 11.5. The van der Waals surface area contributed by atoms with Crippen molar-refractivity contribution in [1.29, 1.82) is 0 Å². The van der Waals surface area contributed by atoms with Crippen molar-refractivity contribution in [2.24, 2.45) is 20.5 Å². The molecule has 0 aliphatic heterocycles. The van der Waals surface area contributed by atoms with Gasteiger partial charge in [-0.25, -0.2) is 5.26 Å². The molecule has 3 rings (SSSR count). The monoisotopic (exact) mass is 409 g/mol. The summed E-state index contributed by atoms with van der Waals surface area (Å²) in [5.74, 6) is 0. The molecule has 0 aliphatic rings. The van der Waals surface area contributed by atoms with Gasteiger partial charge in [0.1, 0.15) is 0 Å². The first-order chi connectivity index (χ1) is 14.0. The first-order valence-corrected chi connectivity index (χ1v) is 9.34. The van der Waals surface area contributed by atoms with E-state index < -0.39 is 0 Å². The lowest BCUT2D eigenvalue weighted by Crippen LogP contribution is -1.89. The summed E-state index contributed by atoms with van der Waals surface area (Å²) in [6.07, 6.45) is 0. The quantitative estimate of drug-likeness (QED) is 0.141. The number of nitrogen functional groups attached to an aromatic ring is 1. The van der Waals surface area contributed by atoms with Crippen molar-refractivity contribution >= 4 is 40.5 Å². The minimum absolute atomic E-state index is 0.678. The Labute approximate surface area is 172 Å². The Morgan fingerprint density at radius 1 is 0.759 bits per heavy atom. The van der Waals surface area contributed by atoms with E-state index in [0.29, 0.717) is 17.1 Å². The fraction of sp³-hybridized carbons (Fsp3) is 0.100. The van der Waals surface area contributed by atoms with Gasteiger partial charge in [0.15, 0.2) is 0 Å². The van der Waals surface area contributed by atoms with Gasteiger partial charge in [-0.3, -0.25) is 0 Å². The Morgan fingerprint density at radius 2 is 1.28 bits per heavy atom. The van der Waals surface area contributed by atoms with Crippen molar-refractivity contribution in [3.8, 4) is 0 Å².